The first kappa shape index (κ1) is 8.72. The summed E-state index contributed by atoms with van der Waals surface area (Å²) in [4.78, 5) is 0. The van der Waals surface area contributed by atoms with Crippen LogP contribution in [0, 0.1) is 0 Å². The van der Waals surface area contributed by atoms with Crippen molar-refractivity contribution in [1.82, 2.24) is 0 Å². The fraction of sp³-hybridized carbons (Fsp3) is 0.200. The second-order valence-corrected chi connectivity index (χ2v) is 2.22. The van der Waals surface area contributed by atoms with Crippen molar-refractivity contribution >= 4 is 23.2 Å². The first-order chi connectivity index (χ1) is 3.30. The van der Waals surface area contributed by atoms with Crippen molar-refractivity contribution in [1.29, 1.82) is 0 Å². The predicted octanol–water partition coefficient (Wildman–Crippen LogP) is 2.63. The van der Waals surface area contributed by atoms with E-state index in [1.54, 1.807) is 0 Å². The molecule has 0 aliphatic heterocycles. The zero-order chi connectivity index (χ0) is 5.28. The van der Waals surface area contributed by atoms with E-state index in [4.69, 9.17) is 23.2 Å². The first-order valence-electron chi connectivity index (χ1n) is 2.01. The summed E-state index contributed by atoms with van der Waals surface area (Å²) in [6.45, 7) is 0. The van der Waals surface area contributed by atoms with Crippen LogP contribution in [0.4, 0.5) is 0 Å². The van der Waals surface area contributed by atoms with E-state index in [1.807, 2.05) is 12.2 Å². The third-order valence-electron chi connectivity index (χ3n) is 0.820. The molecule has 0 unspecified atom stereocenters. The van der Waals surface area contributed by atoms with Crippen LogP contribution in [0.25, 0.3) is 0 Å². The summed E-state index contributed by atoms with van der Waals surface area (Å²) in [6.07, 6.45) is 4.55. The molecule has 1 rings (SSSR count). The minimum absolute atomic E-state index is 0. The van der Waals surface area contributed by atoms with Gasteiger partial charge in [0, 0.05) is 31.9 Å². The molecule has 0 saturated heterocycles. The fourth-order valence-electron chi connectivity index (χ4n) is 0.454. The van der Waals surface area contributed by atoms with Crippen LogP contribution >= 0.6 is 23.2 Å². The summed E-state index contributed by atoms with van der Waals surface area (Å²) in [7, 11) is 0. The molecule has 0 aromatic rings. The van der Waals surface area contributed by atoms with Gasteiger partial charge in [0.1, 0.15) is 0 Å². The van der Waals surface area contributed by atoms with Gasteiger partial charge in [0.2, 0.25) is 0 Å². The molecule has 0 amide bonds. The van der Waals surface area contributed by atoms with E-state index in [1.165, 1.54) is 0 Å². The number of rotatable bonds is 0. The minimum atomic E-state index is 0. The van der Waals surface area contributed by atoms with Crippen molar-refractivity contribution in [2.45, 2.75) is 6.42 Å². The molecule has 0 aromatic carbocycles. The van der Waals surface area contributed by atoms with Crippen LogP contribution in [0.2, 0.25) is 0 Å². The topological polar surface area (TPSA) is 0 Å². The maximum Gasteiger partial charge on any atom is 0.0551 e. The molecule has 0 N–H and O–H groups in total. The van der Waals surface area contributed by atoms with Crippen LogP contribution in [0.1, 0.15) is 6.42 Å². The second kappa shape index (κ2) is 3.69. The summed E-state index contributed by atoms with van der Waals surface area (Å²) < 4.78 is 0. The Morgan fingerprint density at radius 3 is 2.12 bits per heavy atom. The van der Waals surface area contributed by atoms with Gasteiger partial charge in [0.15, 0.2) is 0 Å². The monoisotopic (exact) mass is 321 g/mol. The van der Waals surface area contributed by atoms with Gasteiger partial charge < -0.3 is 0 Å². The van der Waals surface area contributed by atoms with E-state index in [9.17, 15) is 0 Å². The summed E-state index contributed by atoms with van der Waals surface area (Å²) in [5.74, 6) is 0. The Bertz CT molecular complexity index is 137. The van der Waals surface area contributed by atoms with Crippen molar-refractivity contribution in [2.75, 3.05) is 0 Å². The van der Waals surface area contributed by atoms with Crippen LogP contribution < -0.4 is 0 Å². The van der Waals surface area contributed by atoms with E-state index in [2.05, 4.69) is 0 Å². The standard InChI is InChI=1S/C5H4Cl2.Re/c6-4-2-1-3-5(4)7;/h1-2H,3H2;. The Balaban J connectivity index is 0.000000490. The maximum atomic E-state index is 5.55. The Morgan fingerprint density at radius 1 is 1.38 bits per heavy atom. The molecule has 45 valence electrons. The van der Waals surface area contributed by atoms with Gasteiger partial charge in [-0.1, -0.05) is 29.3 Å². The van der Waals surface area contributed by atoms with Gasteiger partial charge in [0.25, 0.3) is 0 Å². The fourth-order valence-corrected chi connectivity index (χ4v) is 0.772. The van der Waals surface area contributed by atoms with Gasteiger partial charge >= 0.3 is 0 Å². The van der Waals surface area contributed by atoms with Gasteiger partial charge in [-0.25, -0.2) is 0 Å². The smallest absolute Gasteiger partial charge is 0.0551 e. The van der Waals surface area contributed by atoms with E-state index in [-0.39, 0.29) is 20.4 Å². The molecule has 0 bridgehead atoms. The maximum absolute atomic E-state index is 5.55. The van der Waals surface area contributed by atoms with E-state index < -0.39 is 0 Å². The van der Waals surface area contributed by atoms with Gasteiger partial charge in [-0.15, -0.1) is 0 Å². The van der Waals surface area contributed by atoms with Crippen molar-refractivity contribution in [2.24, 2.45) is 0 Å². The van der Waals surface area contributed by atoms with Crippen LogP contribution in [-0.4, -0.2) is 0 Å². The van der Waals surface area contributed by atoms with Crippen molar-refractivity contribution in [3.63, 3.8) is 0 Å². The molecular formula is C5H4Cl2Re. The molecular weight excluding hydrogens is 317 g/mol. The summed E-state index contributed by atoms with van der Waals surface area (Å²) in [6, 6.07) is 0. The molecule has 0 fully saturated rings. The second-order valence-electron chi connectivity index (χ2n) is 1.36. The minimum Gasteiger partial charge on any atom is -0.0872 e. The van der Waals surface area contributed by atoms with Crippen LogP contribution in [0.15, 0.2) is 22.2 Å². The van der Waals surface area contributed by atoms with E-state index in [0.29, 0.717) is 5.03 Å². The molecule has 3 heteroatoms. The zero-order valence-corrected chi connectivity index (χ0v) is 8.22. The molecule has 0 saturated carbocycles. The molecule has 1 radical (unpaired) electrons. The zero-order valence-electron chi connectivity index (χ0n) is 4.00. The van der Waals surface area contributed by atoms with Crippen LogP contribution in [-0.2, 0) is 20.4 Å². The predicted molar refractivity (Wildman–Crippen MR) is 32.5 cm³/mol. The van der Waals surface area contributed by atoms with Crippen molar-refractivity contribution in [3.05, 3.63) is 22.2 Å². The Hall–Kier alpha value is 0.722. The third kappa shape index (κ3) is 1.91. The number of halogens is 2. The molecule has 0 spiro atoms. The molecule has 8 heavy (non-hydrogen) atoms. The summed E-state index contributed by atoms with van der Waals surface area (Å²) in [5, 5.41) is 1.43. The van der Waals surface area contributed by atoms with Crippen molar-refractivity contribution < 1.29 is 20.4 Å². The van der Waals surface area contributed by atoms with Gasteiger partial charge in [-0.2, -0.15) is 0 Å². The molecule has 0 nitrogen and oxygen atoms in total. The normalized spacial score (nSPS) is 16.8. The first-order valence-corrected chi connectivity index (χ1v) is 2.77. The molecule has 1 aliphatic carbocycles. The number of allylic oxidation sites excluding steroid dienone is 4. The van der Waals surface area contributed by atoms with Gasteiger partial charge in [-0.3, -0.25) is 0 Å². The van der Waals surface area contributed by atoms with Gasteiger partial charge in [0.05, 0.1) is 5.03 Å². The van der Waals surface area contributed by atoms with Gasteiger partial charge in [-0.05, 0) is 6.08 Å². The average Bonchev–Trinajstić information content (AvgIpc) is 1.91. The summed E-state index contributed by atoms with van der Waals surface area (Å²) >= 11 is 11.1. The Kier molecular flexibility index (Phi) is 4.03. The number of hydrogen-bond donors (Lipinski definition) is 0. The third-order valence-corrected chi connectivity index (χ3v) is 1.63. The van der Waals surface area contributed by atoms with Crippen LogP contribution in [0.5, 0.6) is 0 Å². The molecule has 1 aliphatic rings. The molecule has 0 heterocycles. The average molecular weight is 321 g/mol. The van der Waals surface area contributed by atoms with Crippen LogP contribution in [0.3, 0.4) is 0 Å². The van der Waals surface area contributed by atoms with Crippen molar-refractivity contribution in [3.8, 4) is 0 Å². The number of hydrogen-bond acceptors (Lipinski definition) is 0. The largest absolute Gasteiger partial charge is 0.0872 e. The SMILES string of the molecule is ClC1=C(Cl)CC=C1.[Re]. The molecule has 0 atom stereocenters. The van der Waals surface area contributed by atoms with E-state index >= 15 is 0 Å². The summed E-state index contributed by atoms with van der Waals surface area (Å²) in [5.41, 5.74) is 0. The quantitative estimate of drug-likeness (QED) is 0.643. The Labute approximate surface area is 72.2 Å². The molecule has 0 aromatic heterocycles. The Morgan fingerprint density at radius 2 is 2.00 bits per heavy atom. The van der Waals surface area contributed by atoms with E-state index in [0.717, 1.165) is 11.5 Å².